The van der Waals surface area contributed by atoms with Crippen LogP contribution in [0, 0.1) is 5.92 Å². The van der Waals surface area contributed by atoms with Gasteiger partial charge in [0.2, 0.25) is 5.91 Å². The molecule has 1 heterocycles. The molecule has 1 amide bonds. The summed E-state index contributed by atoms with van der Waals surface area (Å²) in [5.74, 6) is -3.07. The van der Waals surface area contributed by atoms with E-state index in [-0.39, 0.29) is 10.7 Å². The van der Waals surface area contributed by atoms with Crippen molar-refractivity contribution < 1.29 is 13.6 Å². The summed E-state index contributed by atoms with van der Waals surface area (Å²) in [6, 6.07) is 1.34. The number of carbonyl (C=O) groups is 1. The van der Waals surface area contributed by atoms with E-state index in [4.69, 9.17) is 17.3 Å². The highest BCUT2D eigenvalue weighted by Crippen LogP contribution is 2.43. The van der Waals surface area contributed by atoms with Gasteiger partial charge in [-0.2, -0.15) is 0 Å². The van der Waals surface area contributed by atoms with E-state index in [1.807, 2.05) is 0 Å². The number of nitrogens with two attached hydrogens (primary N) is 1. The van der Waals surface area contributed by atoms with Crippen molar-refractivity contribution in [3.05, 3.63) is 51.5 Å². The molecule has 0 fully saturated rings. The molecular formula is C12H8BrClF2N2O. The Morgan fingerprint density at radius 2 is 2.26 bits per heavy atom. The monoisotopic (exact) mass is 348 g/mol. The molecule has 0 aromatic carbocycles. The van der Waals surface area contributed by atoms with E-state index in [1.54, 1.807) is 0 Å². The van der Waals surface area contributed by atoms with E-state index >= 15 is 4.39 Å². The van der Waals surface area contributed by atoms with Gasteiger partial charge >= 0.3 is 0 Å². The van der Waals surface area contributed by atoms with Crippen LogP contribution in [0.5, 0.6) is 0 Å². The average Bonchev–Trinajstić information content (AvgIpc) is 2.31. The smallest absolute Gasteiger partial charge is 0.228 e. The first-order valence-electron chi connectivity index (χ1n) is 5.21. The van der Waals surface area contributed by atoms with E-state index in [9.17, 15) is 9.18 Å². The minimum Gasteiger partial charge on any atom is -0.369 e. The van der Waals surface area contributed by atoms with E-state index in [1.165, 1.54) is 12.3 Å². The molecule has 0 bridgehead atoms. The van der Waals surface area contributed by atoms with Gasteiger partial charge in [-0.25, -0.2) is 13.8 Å². The number of primary amides is 1. The van der Waals surface area contributed by atoms with Gasteiger partial charge in [-0.1, -0.05) is 17.7 Å². The maximum atomic E-state index is 15.1. The van der Waals surface area contributed by atoms with Gasteiger partial charge < -0.3 is 5.73 Å². The zero-order chi connectivity index (χ0) is 14.2. The summed E-state index contributed by atoms with van der Waals surface area (Å²) in [6.45, 7) is 0. The topological polar surface area (TPSA) is 56.0 Å². The minimum absolute atomic E-state index is 0.119. The van der Waals surface area contributed by atoms with Gasteiger partial charge in [0.25, 0.3) is 0 Å². The second-order valence-corrected chi connectivity index (χ2v) is 5.30. The lowest BCUT2D eigenvalue weighted by molar-refractivity contribution is -0.123. The van der Waals surface area contributed by atoms with Crippen LogP contribution in [0.15, 0.2) is 40.8 Å². The fourth-order valence-electron chi connectivity index (χ4n) is 1.91. The predicted molar refractivity (Wildman–Crippen MR) is 70.7 cm³/mol. The first-order chi connectivity index (χ1) is 8.84. The van der Waals surface area contributed by atoms with Crippen LogP contribution in [-0.4, -0.2) is 10.9 Å². The van der Waals surface area contributed by atoms with Crippen LogP contribution in [0.3, 0.4) is 0 Å². The predicted octanol–water partition coefficient (Wildman–Crippen LogP) is 3.19. The van der Waals surface area contributed by atoms with Gasteiger partial charge in [-0.3, -0.25) is 4.79 Å². The highest BCUT2D eigenvalue weighted by molar-refractivity contribution is 9.10. The molecule has 1 aromatic rings. The third-order valence-electron chi connectivity index (χ3n) is 2.77. The normalized spacial score (nSPS) is 26.1. The molecular weight excluding hydrogens is 341 g/mol. The Balaban J connectivity index is 2.64. The molecule has 2 rings (SSSR count). The molecule has 1 aliphatic rings. The van der Waals surface area contributed by atoms with Crippen molar-refractivity contribution in [3.63, 3.8) is 0 Å². The number of allylic oxidation sites excluding steroid dienone is 3. The standard InChI is InChI=1S/C12H8BrClF2N2O/c13-6-3-9(10(14)18-5-6)12(16)4-7(15)1-2-8(12)11(17)19/h1-5,8H,(H2,17,19). The van der Waals surface area contributed by atoms with Crippen molar-refractivity contribution in [1.82, 2.24) is 4.98 Å². The first-order valence-corrected chi connectivity index (χ1v) is 6.38. The fraction of sp³-hybridized carbons (Fsp3) is 0.167. The van der Waals surface area contributed by atoms with Crippen LogP contribution in [-0.2, 0) is 10.5 Å². The van der Waals surface area contributed by atoms with E-state index in [0.29, 0.717) is 10.5 Å². The summed E-state index contributed by atoms with van der Waals surface area (Å²) in [7, 11) is 0. The number of halogens is 4. The summed E-state index contributed by atoms with van der Waals surface area (Å²) < 4.78 is 28.9. The van der Waals surface area contributed by atoms with Gasteiger partial charge in [0.15, 0.2) is 5.67 Å². The van der Waals surface area contributed by atoms with Gasteiger partial charge in [0.05, 0.1) is 5.92 Å². The zero-order valence-corrected chi connectivity index (χ0v) is 11.8. The van der Waals surface area contributed by atoms with Gasteiger partial charge in [-0.05, 0) is 34.1 Å². The average molecular weight is 350 g/mol. The highest BCUT2D eigenvalue weighted by atomic mass is 79.9. The number of nitrogens with zero attached hydrogens (tertiary/aromatic N) is 1. The zero-order valence-electron chi connectivity index (χ0n) is 9.41. The number of rotatable bonds is 2. The van der Waals surface area contributed by atoms with Gasteiger partial charge in [0.1, 0.15) is 11.0 Å². The third kappa shape index (κ3) is 2.55. The molecule has 100 valence electrons. The lowest BCUT2D eigenvalue weighted by Gasteiger charge is -2.30. The Hall–Kier alpha value is -1.27. The number of hydrogen-bond acceptors (Lipinski definition) is 2. The molecule has 0 radical (unpaired) electrons. The summed E-state index contributed by atoms with van der Waals surface area (Å²) >= 11 is 8.96. The van der Waals surface area contributed by atoms with E-state index in [0.717, 1.165) is 12.2 Å². The van der Waals surface area contributed by atoms with Crippen LogP contribution in [0.2, 0.25) is 5.15 Å². The van der Waals surface area contributed by atoms with E-state index < -0.39 is 23.3 Å². The summed E-state index contributed by atoms with van der Waals surface area (Å²) in [5.41, 5.74) is 2.58. The maximum absolute atomic E-state index is 15.1. The number of amides is 1. The molecule has 2 N–H and O–H groups in total. The number of pyridine rings is 1. The Labute approximate surface area is 121 Å². The van der Waals surface area contributed by atoms with Gasteiger partial charge in [-0.15, -0.1) is 0 Å². The Morgan fingerprint density at radius 1 is 1.58 bits per heavy atom. The molecule has 7 heteroatoms. The van der Waals surface area contributed by atoms with Crippen molar-refractivity contribution in [2.75, 3.05) is 0 Å². The van der Waals surface area contributed by atoms with Crippen molar-refractivity contribution in [3.8, 4) is 0 Å². The Kier molecular flexibility index (Phi) is 3.73. The SMILES string of the molecule is NC(=O)C1C=CC(F)=CC1(F)c1cc(Br)cnc1Cl. The second kappa shape index (κ2) is 5.02. The molecule has 0 aliphatic heterocycles. The van der Waals surface area contributed by atoms with E-state index in [2.05, 4.69) is 20.9 Å². The number of alkyl halides is 1. The molecule has 2 unspecified atom stereocenters. The molecule has 0 saturated carbocycles. The third-order valence-corrected chi connectivity index (χ3v) is 3.51. The van der Waals surface area contributed by atoms with Crippen LogP contribution >= 0.6 is 27.5 Å². The van der Waals surface area contributed by atoms with Crippen LogP contribution < -0.4 is 5.73 Å². The van der Waals surface area contributed by atoms with Gasteiger partial charge in [0, 0.05) is 16.2 Å². The number of aromatic nitrogens is 1. The molecule has 1 aliphatic carbocycles. The molecule has 2 atom stereocenters. The number of hydrogen-bond donors (Lipinski definition) is 1. The molecule has 19 heavy (non-hydrogen) atoms. The lowest BCUT2D eigenvalue weighted by atomic mass is 9.80. The number of carbonyl (C=O) groups excluding carboxylic acids is 1. The maximum Gasteiger partial charge on any atom is 0.228 e. The summed E-state index contributed by atoms with van der Waals surface area (Å²) in [4.78, 5) is 15.1. The lowest BCUT2D eigenvalue weighted by Crippen LogP contribution is -2.39. The molecule has 0 saturated heterocycles. The van der Waals surface area contributed by atoms with Crippen molar-refractivity contribution in [2.24, 2.45) is 11.7 Å². The Bertz CT molecular complexity index is 605. The van der Waals surface area contributed by atoms with Crippen molar-refractivity contribution in [1.29, 1.82) is 0 Å². The second-order valence-electron chi connectivity index (χ2n) is 4.03. The van der Waals surface area contributed by atoms with Crippen molar-refractivity contribution in [2.45, 2.75) is 5.67 Å². The Morgan fingerprint density at radius 3 is 2.89 bits per heavy atom. The minimum atomic E-state index is -2.46. The highest BCUT2D eigenvalue weighted by Gasteiger charge is 2.45. The molecule has 1 aromatic heterocycles. The molecule has 3 nitrogen and oxygen atoms in total. The summed E-state index contributed by atoms with van der Waals surface area (Å²) in [5, 5.41) is -0.156. The summed E-state index contributed by atoms with van der Waals surface area (Å²) in [6.07, 6.45) is 4.12. The first kappa shape index (κ1) is 14.1. The van der Waals surface area contributed by atoms with Crippen molar-refractivity contribution >= 4 is 33.4 Å². The quantitative estimate of drug-likeness (QED) is 0.834. The molecule has 0 spiro atoms. The fourth-order valence-corrected chi connectivity index (χ4v) is 2.48. The van der Waals surface area contributed by atoms with Crippen LogP contribution in [0.4, 0.5) is 8.78 Å². The van der Waals surface area contributed by atoms with Crippen LogP contribution in [0.1, 0.15) is 5.56 Å². The largest absolute Gasteiger partial charge is 0.369 e. The van der Waals surface area contributed by atoms with Crippen LogP contribution in [0.25, 0.3) is 0 Å².